The van der Waals surface area contributed by atoms with E-state index in [1.54, 1.807) is 11.8 Å². The minimum Gasteiger partial charge on any atom is -0.372 e. The lowest BCUT2D eigenvalue weighted by molar-refractivity contribution is -0.113. The van der Waals surface area contributed by atoms with Gasteiger partial charge in [-0.15, -0.1) is 0 Å². The third kappa shape index (κ3) is 4.69. The molecular weight excluding hydrogens is 392 g/mol. The van der Waals surface area contributed by atoms with E-state index in [-0.39, 0.29) is 5.91 Å². The number of benzene rings is 1. The number of hydrogen-bond acceptors (Lipinski definition) is 4. The van der Waals surface area contributed by atoms with Gasteiger partial charge in [0, 0.05) is 36.2 Å². The van der Waals surface area contributed by atoms with Gasteiger partial charge in [0.05, 0.1) is 11.4 Å². The van der Waals surface area contributed by atoms with E-state index in [2.05, 4.69) is 47.7 Å². The number of imidazole rings is 1. The van der Waals surface area contributed by atoms with Crippen LogP contribution in [0.3, 0.4) is 0 Å². The molecule has 1 amide bonds. The van der Waals surface area contributed by atoms with E-state index in [0.29, 0.717) is 11.8 Å². The minimum absolute atomic E-state index is 0.0329. The molecule has 2 heterocycles. The average Bonchev–Trinajstić information content (AvgIpc) is 3.37. The number of anilines is 2. The largest absolute Gasteiger partial charge is 0.372 e. The summed E-state index contributed by atoms with van der Waals surface area (Å²) < 4.78 is 2.39. The Bertz CT molecular complexity index is 895. The van der Waals surface area contributed by atoms with Gasteiger partial charge in [0.15, 0.2) is 5.16 Å². The highest BCUT2D eigenvalue weighted by atomic mass is 32.2. The van der Waals surface area contributed by atoms with Crippen LogP contribution in [0.2, 0.25) is 0 Å². The average molecular weight is 427 g/mol. The molecule has 1 aliphatic heterocycles. The quantitative estimate of drug-likeness (QED) is 0.607. The second kappa shape index (κ2) is 9.46. The van der Waals surface area contributed by atoms with Gasteiger partial charge in [0.1, 0.15) is 0 Å². The van der Waals surface area contributed by atoms with Crippen molar-refractivity contribution in [2.45, 2.75) is 76.9 Å². The Hall–Kier alpha value is -1.95. The molecular formula is C24H34N4OS. The van der Waals surface area contributed by atoms with E-state index in [0.717, 1.165) is 35.2 Å². The van der Waals surface area contributed by atoms with Crippen molar-refractivity contribution in [2.24, 2.45) is 0 Å². The zero-order chi connectivity index (χ0) is 21.1. The summed E-state index contributed by atoms with van der Waals surface area (Å²) in [5.41, 5.74) is 5.62. The summed E-state index contributed by atoms with van der Waals surface area (Å²) in [7, 11) is 0. The summed E-state index contributed by atoms with van der Waals surface area (Å²) in [5.74, 6) is 0.418. The maximum atomic E-state index is 12.7. The van der Waals surface area contributed by atoms with E-state index in [1.807, 2.05) is 6.07 Å². The first-order valence-corrected chi connectivity index (χ1v) is 12.3. The maximum absolute atomic E-state index is 12.7. The highest BCUT2D eigenvalue weighted by Crippen LogP contribution is 2.34. The summed E-state index contributed by atoms with van der Waals surface area (Å²) in [4.78, 5) is 19.9. The Kier molecular flexibility index (Phi) is 6.71. The van der Waals surface area contributed by atoms with Crippen LogP contribution in [0.5, 0.6) is 0 Å². The first-order chi connectivity index (χ1) is 14.5. The molecule has 1 aromatic carbocycles. The lowest BCUT2D eigenvalue weighted by Crippen LogP contribution is -2.19. The number of hydrogen-bond donors (Lipinski definition) is 1. The van der Waals surface area contributed by atoms with Gasteiger partial charge >= 0.3 is 0 Å². The molecule has 2 fully saturated rings. The molecule has 0 radical (unpaired) electrons. The van der Waals surface area contributed by atoms with Gasteiger partial charge in [0.2, 0.25) is 5.91 Å². The first kappa shape index (κ1) is 21.3. The number of aryl methyl sites for hydroxylation is 2. The van der Waals surface area contributed by atoms with Gasteiger partial charge in [0.25, 0.3) is 0 Å². The molecule has 5 nitrogen and oxygen atoms in total. The van der Waals surface area contributed by atoms with Crippen LogP contribution in [-0.2, 0) is 4.79 Å². The summed E-state index contributed by atoms with van der Waals surface area (Å²) in [6.07, 6.45) is 8.90. The van der Waals surface area contributed by atoms with Gasteiger partial charge in [-0.25, -0.2) is 4.98 Å². The summed E-state index contributed by atoms with van der Waals surface area (Å²) >= 11 is 1.56. The van der Waals surface area contributed by atoms with Gasteiger partial charge in [-0.05, 0) is 70.2 Å². The van der Waals surface area contributed by atoms with Crippen molar-refractivity contribution in [3.05, 3.63) is 35.2 Å². The smallest absolute Gasteiger partial charge is 0.234 e. The van der Waals surface area contributed by atoms with Gasteiger partial charge in [-0.3, -0.25) is 4.79 Å². The SMILES string of the molecule is Cc1cc(N2CCCC2)ccc1NC(=O)CSc1nc(C)c(C)n1C1CCCCC1. The molecule has 30 heavy (non-hydrogen) atoms. The van der Waals surface area contributed by atoms with Crippen molar-refractivity contribution in [3.63, 3.8) is 0 Å². The Labute approximate surface area is 184 Å². The second-order valence-electron chi connectivity index (χ2n) is 8.76. The van der Waals surface area contributed by atoms with E-state index in [9.17, 15) is 4.79 Å². The van der Waals surface area contributed by atoms with Crippen LogP contribution >= 0.6 is 11.8 Å². The molecule has 1 N–H and O–H groups in total. The Morgan fingerprint density at radius 1 is 1.10 bits per heavy atom. The van der Waals surface area contributed by atoms with E-state index < -0.39 is 0 Å². The fourth-order valence-corrected chi connectivity index (χ4v) is 5.70. The van der Waals surface area contributed by atoms with Crippen molar-refractivity contribution in [1.29, 1.82) is 0 Å². The molecule has 0 spiro atoms. The molecule has 162 valence electrons. The minimum atomic E-state index is 0.0329. The molecule has 1 saturated heterocycles. The number of thioether (sulfide) groups is 1. The first-order valence-electron chi connectivity index (χ1n) is 11.4. The third-order valence-corrected chi connectivity index (χ3v) is 7.53. The predicted octanol–water partition coefficient (Wildman–Crippen LogP) is 5.64. The highest BCUT2D eigenvalue weighted by molar-refractivity contribution is 7.99. The van der Waals surface area contributed by atoms with Crippen molar-refractivity contribution >= 4 is 29.0 Å². The molecule has 6 heteroatoms. The summed E-state index contributed by atoms with van der Waals surface area (Å²) in [6, 6.07) is 6.90. The van der Waals surface area contributed by atoms with Crippen LogP contribution in [-0.4, -0.2) is 34.3 Å². The Morgan fingerprint density at radius 3 is 2.53 bits per heavy atom. The second-order valence-corrected chi connectivity index (χ2v) is 9.70. The van der Waals surface area contributed by atoms with E-state index in [1.165, 1.54) is 56.3 Å². The number of nitrogens with one attached hydrogen (secondary N) is 1. The Balaban J connectivity index is 1.39. The predicted molar refractivity (Wildman–Crippen MR) is 126 cm³/mol. The maximum Gasteiger partial charge on any atom is 0.234 e. The van der Waals surface area contributed by atoms with Crippen LogP contribution in [0.15, 0.2) is 23.4 Å². The normalized spacial score (nSPS) is 17.5. The topological polar surface area (TPSA) is 50.2 Å². The van der Waals surface area contributed by atoms with Gasteiger partial charge in [-0.1, -0.05) is 31.0 Å². The monoisotopic (exact) mass is 426 g/mol. The van der Waals surface area contributed by atoms with Crippen molar-refractivity contribution in [1.82, 2.24) is 9.55 Å². The fourth-order valence-electron chi connectivity index (χ4n) is 4.74. The van der Waals surface area contributed by atoms with Crippen LogP contribution in [0.1, 0.15) is 67.9 Å². The van der Waals surface area contributed by atoms with E-state index >= 15 is 0 Å². The summed E-state index contributed by atoms with van der Waals surface area (Å²) in [6.45, 7) is 8.57. The molecule has 2 aliphatic rings. The number of rotatable bonds is 6. The molecule has 1 saturated carbocycles. The molecule has 1 aromatic heterocycles. The standard InChI is InChI=1S/C24H34N4OS/c1-17-15-21(27-13-7-8-14-27)11-12-22(17)26-23(29)16-30-24-25-18(2)19(3)28(24)20-9-5-4-6-10-20/h11-12,15,20H,4-10,13-14,16H2,1-3H3,(H,26,29). The summed E-state index contributed by atoms with van der Waals surface area (Å²) in [5, 5.41) is 4.10. The highest BCUT2D eigenvalue weighted by Gasteiger charge is 2.22. The van der Waals surface area contributed by atoms with Crippen LogP contribution in [0, 0.1) is 20.8 Å². The zero-order valence-electron chi connectivity index (χ0n) is 18.5. The molecule has 0 unspecified atom stereocenters. The fraction of sp³-hybridized carbons (Fsp3) is 0.583. The Morgan fingerprint density at radius 2 is 1.83 bits per heavy atom. The lowest BCUT2D eigenvalue weighted by Gasteiger charge is -2.26. The number of amides is 1. The van der Waals surface area contributed by atoms with Gasteiger partial charge < -0.3 is 14.8 Å². The van der Waals surface area contributed by atoms with Crippen LogP contribution < -0.4 is 10.2 Å². The molecule has 1 aliphatic carbocycles. The molecule has 2 aromatic rings. The van der Waals surface area contributed by atoms with E-state index in [4.69, 9.17) is 4.98 Å². The number of carbonyl (C=O) groups excluding carboxylic acids is 1. The number of carbonyl (C=O) groups is 1. The van der Waals surface area contributed by atoms with Crippen molar-refractivity contribution < 1.29 is 4.79 Å². The van der Waals surface area contributed by atoms with Crippen LogP contribution in [0.4, 0.5) is 11.4 Å². The molecule has 0 bridgehead atoms. The molecule has 4 rings (SSSR count). The van der Waals surface area contributed by atoms with Crippen molar-refractivity contribution in [3.8, 4) is 0 Å². The zero-order valence-corrected chi connectivity index (χ0v) is 19.4. The third-order valence-electron chi connectivity index (χ3n) is 6.58. The van der Waals surface area contributed by atoms with Crippen molar-refractivity contribution in [2.75, 3.05) is 29.1 Å². The lowest BCUT2D eigenvalue weighted by atomic mass is 9.95. The number of nitrogens with zero attached hydrogens (tertiary/aromatic N) is 3. The number of aromatic nitrogens is 2. The van der Waals surface area contributed by atoms with Crippen LogP contribution in [0.25, 0.3) is 0 Å². The van der Waals surface area contributed by atoms with Gasteiger partial charge in [-0.2, -0.15) is 0 Å². The molecule has 0 atom stereocenters.